The Kier molecular flexibility index (Phi) is 9.54. The Morgan fingerprint density at radius 3 is 2.50 bits per heavy atom. The minimum atomic E-state index is -4.29. The summed E-state index contributed by atoms with van der Waals surface area (Å²) in [5.41, 5.74) is 4.97. The number of benzene rings is 2. The Labute approximate surface area is 274 Å². The van der Waals surface area contributed by atoms with Crippen LogP contribution < -0.4 is 11.3 Å². The number of anilines is 1. The number of carbonyl (C=O) groups excluding carboxylic acids is 1. The van der Waals surface area contributed by atoms with E-state index in [1.165, 1.54) is 48.3 Å². The van der Waals surface area contributed by atoms with E-state index in [0.29, 0.717) is 0 Å². The van der Waals surface area contributed by atoms with E-state index in [9.17, 15) is 28.1 Å². The van der Waals surface area contributed by atoms with Gasteiger partial charge in [-0.2, -0.15) is 13.4 Å². The molecule has 5 rings (SSSR count). The quantitative estimate of drug-likeness (QED) is 0.105. The van der Waals surface area contributed by atoms with Gasteiger partial charge in [0.1, 0.15) is 18.3 Å². The number of carbonyl (C=O) groups is 1. The number of nitrogens with two attached hydrogens (primary N) is 1. The minimum Gasteiger partial charge on any atom is -0.425 e. The van der Waals surface area contributed by atoms with Gasteiger partial charge in [-0.1, -0.05) is 50.6 Å². The van der Waals surface area contributed by atoms with Gasteiger partial charge in [0.15, 0.2) is 23.5 Å². The fourth-order valence-electron chi connectivity index (χ4n) is 5.34. The van der Waals surface area contributed by atoms with Crippen LogP contribution in [0.2, 0.25) is 0 Å². The van der Waals surface area contributed by atoms with Crippen LogP contribution in [0.4, 0.5) is 16.4 Å². The minimum absolute atomic E-state index is 0.0163. The smallest absolute Gasteiger partial charge is 0.425 e. The number of nitrogen functional groups attached to an aromatic ring is 1. The van der Waals surface area contributed by atoms with Crippen molar-refractivity contribution >= 4 is 39.1 Å². The maximum absolute atomic E-state index is 13.5. The summed E-state index contributed by atoms with van der Waals surface area (Å²) in [7, 11) is -3.00. The first-order valence-corrected chi connectivity index (χ1v) is 16.0. The van der Waals surface area contributed by atoms with Crippen LogP contribution in [-0.4, -0.2) is 71.0 Å². The normalized spacial score (nSPS) is 20.4. The predicted octanol–water partition coefficient (Wildman–Crippen LogP) is 3.55. The van der Waals surface area contributed by atoms with Crippen molar-refractivity contribution in [3.8, 4) is 0 Å². The Morgan fingerprint density at radius 2 is 1.85 bits per heavy atom. The third-order valence-electron chi connectivity index (χ3n) is 7.63. The van der Waals surface area contributed by atoms with Crippen molar-refractivity contribution in [2.75, 3.05) is 19.5 Å². The molecule has 2 aromatic carbocycles. The zero-order chi connectivity index (χ0) is 35.0. The first kappa shape index (κ1) is 34.4. The highest BCUT2D eigenvalue weighted by Crippen LogP contribution is 2.41. The van der Waals surface area contributed by atoms with Gasteiger partial charge in [0.05, 0.1) is 28.3 Å². The highest BCUT2D eigenvalue weighted by Gasteiger charge is 2.50. The molecule has 0 spiro atoms. The third-order valence-corrected chi connectivity index (χ3v) is 8.92. The maximum Gasteiger partial charge on any atom is 0.509 e. The summed E-state index contributed by atoms with van der Waals surface area (Å²) >= 11 is 0. The van der Waals surface area contributed by atoms with Crippen LogP contribution in [0.25, 0.3) is 11.2 Å². The molecule has 2 aromatic heterocycles. The van der Waals surface area contributed by atoms with Gasteiger partial charge in [0.25, 0.3) is 21.4 Å². The Bertz CT molecular complexity index is 1990. The monoisotopic (exact) mass is 686 g/mol. The summed E-state index contributed by atoms with van der Waals surface area (Å²) in [4.78, 5) is 47.6. The van der Waals surface area contributed by atoms with E-state index < -0.39 is 69.4 Å². The largest absolute Gasteiger partial charge is 0.509 e. The number of fused-ring (bicyclic) bond motifs is 1. The number of aryl methyl sites for hydroxylation is 1. The SMILES string of the molecule is COC1[C@@H](OC(=O)OC(c2ccccc2[N+](=O)[O-])C(C)(C)C)[C@@H](COS(=O)(=O)c2ccc(C)cc2)O[C@H]1n1cnc2c(=O)[nH]c(N)nc21. The van der Waals surface area contributed by atoms with Gasteiger partial charge in [-0.25, -0.2) is 9.78 Å². The molecule has 1 saturated heterocycles. The lowest BCUT2D eigenvalue weighted by molar-refractivity contribution is -0.386. The molecule has 17 nitrogen and oxygen atoms in total. The number of aromatic amines is 1. The molecule has 0 aliphatic carbocycles. The van der Waals surface area contributed by atoms with Crippen LogP contribution in [0.15, 0.2) is 64.5 Å². The summed E-state index contributed by atoms with van der Waals surface area (Å²) in [6.45, 7) is 6.34. The number of imidazole rings is 1. The van der Waals surface area contributed by atoms with E-state index in [0.717, 1.165) is 5.56 Å². The average molecular weight is 687 g/mol. The van der Waals surface area contributed by atoms with Crippen molar-refractivity contribution in [2.24, 2.45) is 5.41 Å². The second-order valence-corrected chi connectivity index (χ2v) is 13.7. The first-order valence-electron chi connectivity index (χ1n) is 14.6. The summed E-state index contributed by atoms with van der Waals surface area (Å²) in [5, 5.41) is 11.8. The van der Waals surface area contributed by atoms with Gasteiger partial charge < -0.3 is 24.7 Å². The van der Waals surface area contributed by atoms with Crippen molar-refractivity contribution < 1.29 is 41.3 Å². The number of nitro benzene ring substituents is 1. The van der Waals surface area contributed by atoms with Crippen molar-refractivity contribution in [3.63, 3.8) is 0 Å². The van der Waals surface area contributed by atoms with Crippen LogP contribution in [0, 0.1) is 22.5 Å². The number of nitro groups is 1. The van der Waals surface area contributed by atoms with Gasteiger partial charge in [0, 0.05) is 18.6 Å². The third kappa shape index (κ3) is 7.01. The van der Waals surface area contributed by atoms with Crippen molar-refractivity contribution in [1.29, 1.82) is 0 Å². The molecule has 48 heavy (non-hydrogen) atoms. The molecule has 0 saturated carbocycles. The summed E-state index contributed by atoms with van der Waals surface area (Å²) < 4.78 is 56.1. The standard InChI is InChI=1S/C30H34N6O11S/c1-16-10-12-17(13-11-16)48(41,42)44-14-20-22(23(43-5)27(45-20)35-15-32-21-25(35)33-28(31)34-26(21)37)46-29(38)47-24(30(2,3)4)18-8-6-7-9-19(18)36(39)40/h6-13,15,20,22-24,27H,14H2,1-5H3,(H3,31,33,34,37)/t20-,22+,23?,24?,27-/m1/s1. The number of hydrogen-bond donors (Lipinski definition) is 2. The number of methoxy groups -OCH3 is 1. The fraction of sp³-hybridized carbons (Fsp3) is 0.400. The first-order chi connectivity index (χ1) is 22.6. The van der Waals surface area contributed by atoms with E-state index in [1.54, 1.807) is 45.9 Å². The van der Waals surface area contributed by atoms with Crippen molar-refractivity contribution in [3.05, 3.63) is 86.5 Å². The van der Waals surface area contributed by atoms with E-state index in [2.05, 4.69) is 15.0 Å². The lowest BCUT2D eigenvalue weighted by Gasteiger charge is -2.31. The van der Waals surface area contributed by atoms with Crippen LogP contribution in [-0.2, 0) is 33.2 Å². The van der Waals surface area contributed by atoms with Gasteiger partial charge in [0.2, 0.25) is 5.95 Å². The van der Waals surface area contributed by atoms with E-state index in [4.69, 9.17) is 28.9 Å². The second-order valence-electron chi connectivity index (χ2n) is 12.1. The van der Waals surface area contributed by atoms with E-state index >= 15 is 0 Å². The van der Waals surface area contributed by atoms with Crippen LogP contribution >= 0.6 is 0 Å². The van der Waals surface area contributed by atoms with Crippen molar-refractivity contribution in [2.45, 2.75) is 63.2 Å². The molecule has 0 bridgehead atoms. The van der Waals surface area contributed by atoms with Crippen LogP contribution in [0.3, 0.4) is 0 Å². The lowest BCUT2D eigenvalue weighted by atomic mass is 9.84. The zero-order valence-corrected chi connectivity index (χ0v) is 27.4. The zero-order valence-electron chi connectivity index (χ0n) is 26.6. The highest BCUT2D eigenvalue weighted by atomic mass is 32.2. The van der Waals surface area contributed by atoms with Crippen molar-refractivity contribution in [1.82, 2.24) is 19.5 Å². The molecule has 256 valence electrons. The molecule has 3 N–H and O–H groups in total. The van der Waals surface area contributed by atoms with Crippen LogP contribution in [0.1, 0.15) is 44.2 Å². The number of hydrogen-bond acceptors (Lipinski definition) is 14. The summed E-state index contributed by atoms with van der Waals surface area (Å²) in [5.74, 6) is -0.204. The van der Waals surface area contributed by atoms with E-state index in [-0.39, 0.29) is 33.3 Å². The molecular formula is C30H34N6O11S. The molecule has 1 aliphatic heterocycles. The highest BCUT2D eigenvalue weighted by molar-refractivity contribution is 7.86. The van der Waals surface area contributed by atoms with Gasteiger partial charge >= 0.3 is 6.16 Å². The molecule has 2 unspecified atom stereocenters. The molecule has 0 amide bonds. The molecule has 1 fully saturated rings. The number of nitrogens with one attached hydrogen (secondary N) is 1. The molecule has 18 heteroatoms. The maximum atomic E-state index is 13.5. The van der Waals surface area contributed by atoms with Crippen LogP contribution in [0.5, 0.6) is 0 Å². The molecule has 5 atom stereocenters. The van der Waals surface area contributed by atoms with E-state index in [1.807, 2.05) is 0 Å². The molecular weight excluding hydrogens is 652 g/mol. The number of aromatic nitrogens is 4. The van der Waals surface area contributed by atoms with Gasteiger partial charge in [-0.3, -0.25) is 28.6 Å². The molecule has 4 aromatic rings. The Morgan fingerprint density at radius 1 is 1.17 bits per heavy atom. The number of nitrogens with zero attached hydrogens (tertiary/aromatic N) is 4. The summed E-state index contributed by atoms with van der Waals surface area (Å²) in [6.07, 6.45) is -6.14. The molecule has 1 aliphatic rings. The second kappa shape index (κ2) is 13.3. The number of rotatable bonds is 10. The predicted molar refractivity (Wildman–Crippen MR) is 168 cm³/mol. The molecule has 0 radical (unpaired) electrons. The average Bonchev–Trinajstić information content (AvgIpc) is 3.59. The number of H-pyrrole nitrogens is 1. The molecule has 3 heterocycles. The van der Waals surface area contributed by atoms with Gasteiger partial charge in [-0.05, 0) is 25.1 Å². The lowest BCUT2D eigenvalue weighted by Crippen LogP contribution is -2.40. The fourth-order valence-corrected chi connectivity index (χ4v) is 6.25. The number of para-hydroxylation sites is 1. The topological polar surface area (TPSA) is 230 Å². The Balaban J connectivity index is 1.48. The Hall–Kier alpha value is -4.91. The van der Waals surface area contributed by atoms with Gasteiger partial charge in [-0.15, -0.1) is 0 Å². The number of ether oxygens (including phenoxy) is 4. The summed E-state index contributed by atoms with van der Waals surface area (Å²) in [6, 6.07) is 11.8.